The van der Waals surface area contributed by atoms with Gasteiger partial charge in [-0.25, -0.2) is 0 Å². The maximum absolute atomic E-state index is 11.9. The van der Waals surface area contributed by atoms with E-state index in [-0.39, 0.29) is 24.3 Å². The summed E-state index contributed by atoms with van der Waals surface area (Å²) in [6.07, 6.45) is 1.77. The molecule has 1 unspecified atom stereocenters. The molecule has 0 aromatic carbocycles. The fourth-order valence-electron chi connectivity index (χ4n) is 1.81. The van der Waals surface area contributed by atoms with Gasteiger partial charge in [-0.05, 0) is 31.4 Å². The van der Waals surface area contributed by atoms with Gasteiger partial charge in [0.05, 0.1) is 22.6 Å². The Morgan fingerprint density at radius 2 is 2.24 bits per heavy atom. The lowest BCUT2D eigenvalue weighted by molar-refractivity contribution is -0.117. The number of rotatable bonds is 8. The van der Waals surface area contributed by atoms with E-state index in [2.05, 4.69) is 10.6 Å². The second kappa shape index (κ2) is 7.53. The van der Waals surface area contributed by atoms with Gasteiger partial charge in [0.2, 0.25) is 5.91 Å². The molecule has 7 heteroatoms. The fraction of sp³-hybridized carbons (Fsp3) is 0.571. The molecule has 1 aromatic rings. The molecule has 0 radical (unpaired) electrons. The van der Waals surface area contributed by atoms with Crippen molar-refractivity contribution in [2.45, 2.75) is 25.4 Å². The van der Waals surface area contributed by atoms with E-state index < -0.39 is 6.10 Å². The molecule has 1 aliphatic carbocycles. The minimum Gasteiger partial charge on any atom is -0.391 e. The second-order valence-corrected chi connectivity index (χ2v) is 6.16. The van der Waals surface area contributed by atoms with Crippen LogP contribution in [0.4, 0.5) is 5.00 Å². The lowest BCUT2D eigenvalue weighted by Gasteiger charge is -2.09. The van der Waals surface area contributed by atoms with Gasteiger partial charge >= 0.3 is 0 Å². The van der Waals surface area contributed by atoms with Gasteiger partial charge in [-0.3, -0.25) is 9.59 Å². The minimum absolute atomic E-state index is 0.0338. The molecule has 2 amide bonds. The van der Waals surface area contributed by atoms with Crippen molar-refractivity contribution in [3.63, 3.8) is 0 Å². The Morgan fingerprint density at radius 3 is 2.90 bits per heavy atom. The number of hydrogen-bond donors (Lipinski definition) is 3. The summed E-state index contributed by atoms with van der Waals surface area (Å²) in [5.74, 6) is -0.0188. The molecule has 1 aliphatic rings. The van der Waals surface area contributed by atoms with Gasteiger partial charge in [0.25, 0.3) is 5.91 Å². The van der Waals surface area contributed by atoms with Crippen molar-refractivity contribution < 1.29 is 19.4 Å². The van der Waals surface area contributed by atoms with Gasteiger partial charge < -0.3 is 20.5 Å². The number of aliphatic hydroxyl groups is 1. The Hall–Kier alpha value is -1.44. The summed E-state index contributed by atoms with van der Waals surface area (Å²) in [7, 11) is 1.52. The third-order valence-electron chi connectivity index (χ3n) is 3.15. The third-order valence-corrected chi connectivity index (χ3v) is 4.15. The number of carbonyl (C=O) groups is 2. The highest BCUT2D eigenvalue weighted by atomic mass is 32.1. The van der Waals surface area contributed by atoms with Crippen molar-refractivity contribution in [1.29, 1.82) is 0 Å². The quantitative estimate of drug-likeness (QED) is 0.673. The van der Waals surface area contributed by atoms with Gasteiger partial charge in [0.1, 0.15) is 0 Å². The van der Waals surface area contributed by atoms with Gasteiger partial charge in [0.15, 0.2) is 0 Å². The van der Waals surface area contributed by atoms with Crippen molar-refractivity contribution >= 4 is 28.2 Å². The molecule has 1 heterocycles. The number of thiophene rings is 1. The summed E-state index contributed by atoms with van der Waals surface area (Å²) in [4.78, 5) is 24.1. The van der Waals surface area contributed by atoms with Crippen molar-refractivity contribution in [3.8, 4) is 0 Å². The van der Waals surface area contributed by atoms with Crippen LogP contribution in [0.2, 0.25) is 0 Å². The van der Waals surface area contributed by atoms with E-state index in [9.17, 15) is 14.7 Å². The summed E-state index contributed by atoms with van der Waals surface area (Å²) in [6, 6.07) is 3.42. The third kappa shape index (κ3) is 5.11. The highest BCUT2D eigenvalue weighted by molar-refractivity contribution is 7.18. The summed E-state index contributed by atoms with van der Waals surface area (Å²) in [5.41, 5.74) is 0. The molecule has 1 aromatic heterocycles. The summed E-state index contributed by atoms with van der Waals surface area (Å²) in [6.45, 7) is 0.636. The van der Waals surface area contributed by atoms with E-state index in [1.807, 2.05) is 0 Å². The molecule has 1 fully saturated rings. The average molecular weight is 312 g/mol. The molecular weight excluding hydrogens is 292 g/mol. The van der Waals surface area contributed by atoms with Crippen LogP contribution in [0.5, 0.6) is 0 Å². The maximum atomic E-state index is 11.9. The zero-order chi connectivity index (χ0) is 15.2. The first-order valence-corrected chi connectivity index (χ1v) is 7.77. The number of aliphatic hydroxyl groups excluding tert-OH is 1. The normalized spacial score (nSPS) is 15.5. The molecule has 3 N–H and O–H groups in total. The standard InChI is InChI=1S/C14H20N2O4S/c1-20-8-10(17)6-7-15-14(19)11-4-5-12(21-11)16-13(18)9-2-3-9/h4-5,9-10,17H,2-3,6-8H2,1H3,(H,15,19)(H,16,18). The van der Waals surface area contributed by atoms with Gasteiger partial charge in [-0.1, -0.05) is 0 Å². The zero-order valence-electron chi connectivity index (χ0n) is 11.9. The number of carbonyl (C=O) groups excluding carboxylic acids is 2. The number of hydrogen-bond acceptors (Lipinski definition) is 5. The Labute approximate surface area is 127 Å². The molecule has 0 aliphatic heterocycles. The molecule has 0 saturated heterocycles. The van der Waals surface area contributed by atoms with E-state index in [1.165, 1.54) is 18.4 Å². The predicted molar refractivity (Wildman–Crippen MR) is 80.5 cm³/mol. The van der Waals surface area contributed by atoms with E-state index in [0.717, 1.165) is 12.8 Å². The summed E-state index contributed by atoms with van der Waals surface area (Å²) in [5, 5.41) is 15.7. The molecule has 1 saturated carbocycles. The maximum Gasteiger partial charge on any atom is 0.261 e. The number of anilines is 1. The van der Waals surface area contributed by atoms with Crippen molar-refractivity contribution in [2.75, 3.05) is 25.6 Å². The molecule has 0 spiro atoms. The van der Waals surface area contributed by atoms with E-state index in [1.54, 1.807) is 12.1 Å². The SMILES string of the molecule is COCC(O)CCNC(=O)c1ccc(NC(=O)C2CC2)s1. The van der Waals surface area contributed by atoms with Gasteiger partial charge in [0, 0.05) is 19.6 Å². The number of methoxy groups -OCH3 is 1. The fourth-order valence-corrected chi connectivity index (χ4v) is 2.64. The van der Waals surface area contributed by atoms with Crippen molar-refractivity contribution in [1.82, 2.24) is 5.32 Å². The first-order valence-electron chi connectivity index (χ1n) is 6.96. The Kier molecular flexibility index (Phi) is 5.72. The van der Waals surface area contributed by atoms with Crippen molar-refractivity contribution in [2.24, 2.45) is 5.92 Å². The summed E-state index contributed by atoms with van der Waals surface area (Å²) >= 11 is 1.25. The topological polar surface area (TPSA) is 87.7 Å². The molecule has 116 valence electrons. The number of nitrogens with one attached hydrogen (secondary N) is 2. The molecule has 1 atom stereocenters. The van der Waals surface area contributed by atoms with Gasteiger partial charge in [-0.2, -0.15) is 0 Å². The lowest BCUT2D eigenvalue weighted by atomic mass is 10.2. The predicted octanol–water partition coefficient (Wildman–Crippen LogP) is 1.22. The highest BCUT2D eigenvalue weighted by Crippen LogP contribution is 2.31. The van der Waals surface area contributed by atoms with Crippen LogP contribution in [-0.2, 0) is 9.53 Å². The van der Waals surface area contributed by atoms with Crippen LogP contribution in [0.25, 0.3) is 0 Å². The summed E-state index contributed by atoms with van der Waals surface area (Å²) < 4.78 is 4.81. The van der Waals surface area contributed by atoms with Crippen molar-refractivity contribution in [3.05, 3.63) is 17.0 Å². The average Bonchev–Trinajstić information content (AvgIpc) is 3.20. The van der Waals surface area contributed by atoms with Crippen LogP contribution < -0.4 is 10.6 Å². The van der Waals surface area contributed by atoms with Crippen LogP contribution in [0.3, 0.4) is 0 Å². The lowest BCUT2D eigenvalue weighted by Crippen LogP contribution is -2.27. The Bertz CT molecular complexity index is 499. The van der Waals surface area contributed by atoms with Gasteiger partial charge in [-0.15, -0.1) is 11.3 Å². The first-order chi connectivity index (χ1) is 10.1. The zero-order valence-corrected chi connectivity index (χ0v) is 12.7. The molecule has 21 heavy (non-hydrogen) atoms. The monoisotopic (exact) mass is 312 g/mol. The van der Waals surface area contributed by atoms with Crippen LogP contribution >= 0.6 is 11.3 Å². The van der Waals surface area contributed by atoms with Crippen LogP contribution in [0.15, 0.2) is 12.1 Å². The van der Waals surface area contributed by atoms with Crippen LogP contribution in [0, 0.1) is 5.92 Å². The smallest absolute Gasteiger partial charge is 0.261 e. The van der Waals surface area contributed by atoms with E-state index >= 15 is 0 Å². The molecular formula is C14H20N2O4S. The molecule has 2 rings (SSSR count). The van der Waals surface area contributed by atoms with Crippen LogP contribution in [-0.4, -0.2) is 43.3 Å². The first kappa shape index (κ1) is 15.9. The van der Waals surface area contributed by atoms with Crippen LogP contribution in [0.1, 0.15) is 28.9 Å². The van der Waals surface area contributed by atoms with E-state index in [4.69, 9.17) is 4.74 Å². The molecule has 0 bridgehead atoms. The highest BCUT2D eigenvalue weighted by Gasteiger charge is 2.29. The number of ether oxygens (including phenoxy) is 1. The second-order valence-electron chi connectivity index (χ2n) is 5.08. The molecule has 6 nitrogen and oxygen atoms in total. The largest absolute Gasteiger partial charge is 0.391 e. The minimum atomic E-state index is -0.577. The Morgan fingerprint density at radius 1 is 1.48 bits per heavy atom. The Balaban J connectivity index is 1.74. The van der Waals surface area contributed by atoms with E-state index in [0.29, 0.717) is 22.8 Å². The number of amides is 2.